The number of hydrogen-bond acceptors (Lipinski definition) is 8. The molecular formula is C34H43N3O5. The van der Waals surface area contributed by atoms with Crippen LogP contribution < -0.4 is 10.2 Å². The van der Waals surface area contributed by atoms with Crippen molar-refractivity contribution in [2.45, 2.75) is 63.7 Å². The lowest BCUT2D eigenvalue weighted by Gasteiger charge is -2.61. The molecule has 8 nitrogen and oxygen atoms in total. The number of fused-ring (bicyclic) bond motifs is 1. The Bertz CT molecular complexity index is 1370. The molecule has 2 aromatic rings. The van der Waals surface area contributed by atoms with Gasteiger partial charge in [0.25, 0.3) is 0 Å². The van der Waals surface area contributed by atoms with Gasteiger partial charge >= 0.3 is 5.97 Å². The van der Waals surface area contributed by atoms with E-state index in [0.717, 1.165) is 30.5 Å². The smallest absolute Gasteiger partial charge is 0.341 e. The SMILES string of the molecule is CN(C)c1ccc(C=C2C=C(C(CC3C4(CCC5[C@]3(C)CC[C@@H](O)[C@@]5(C)CO)CO4)Nc3ccccn3)C(=O)O2)cc1. The van der Waals surface area contributed by atoms with Crippen LogP contribution >= 0.6 is 0 Å². The van der Waals surface area contributed by atoms with Crippen molar-refractivity contribution in [3.8, 4) is 0 Å². The van der Waals surface area contributed by atoms with Gasteiger partial charge < -0.3 is 29.9 Å². The van der Waals surface area contributed by atoms with Crippen LogP contribution in [-0.2, 0) is 14.3 Å². The second-order valence-corrected chi connectivity index (χ2v) is 13.4. The Morgan fingerprint density at radius 2 is 1.90 bits per heavy atom. The van der Waals surface area contributed by atoms with Gasteiger partial charge in [0, 0.05) is 31.4 Å². The van der Waals surface area contributed by atoms with E-state index in [1.165, 1.54) is 0 Å². The van der Waals surface area contributed by atoms with Crippen molar-refractivity contribution in [1.82, 2.24) is 4.98 Å². The van der Waals surface area contributed by atoms with Gasteiger partial charge in [0.1, 0.15) is 11.6 Å². The molecule has 4 unspecified atom stereocenters. The van der Waals surface area contributed by atoms with Gasteiger partial charge in [-0.1, -0.05) is 32.0 Å². The summed E-state index contributed by atoms with van der Waals surface area (Å²) >= 11 is 0. The molecule has 1 aromatic carbocycles. The number of hydrogen-bond donors (Lipinski definition) is 3. The average molecular weight is 574 g/mol. The molecule has 2 saturated carbocycles. The zero-order chi connectivity index (χ0) is 29.7. The number of carbonyl (C=O) groups excluding carboxylic acids is 1. The summed E-state index contributed by atoms with van der Waals surface area (Å²) < 4.78 is 12.0. The Kier molecular flexibility index (Phi) is 7.44. The van der Waals surface area contributed by atoms with Gasteiger partial charge in [-0.05, 0) is 91.3 Å². The molecular weight excluding hydrogens is 530 g/mol. The minimum atomic E-state index is -0.574. The van der Waals surface area contributed by atoms with E-state index in [1.54, 1.807) is 6.20 Å². The Balaban J connectivity index is 1.34. The van der Waals surface area contributed by atoms with Crippen LogP contribution in [0.1, 0.15) is 51.5 Å². The van der Waals surface area contributed by atoms with Gasteiger partial charge in [-0.15, -0.1) is 0 Å². The first-order chi connectivity index (χ1) is 20.1. The van der Waals surface area contributed by atoms with E-state index in [4.69, 9.17) is 9.47 Å². The predicted octanol–water partition coefficient (Wildman–Crippen LogP) is 4.80. The van der Waals surface area contributed by atoms with Gasteiger partial charge in [-0.2, -0.15) is 0 Å². The highest BCUT2D eigenvalue weighted by atomic mass is 16.6. The maximum Gasteiger partial charge on any atom is 0.341 e. The number of epoxide rings is 1. The second kappa shape index (κ2) is 10.8. The van der Waals surface area contributed by atoms with Gasteiger partial charge in [0.05, 0.1) is 36.5 Å². The monoisotopic (exact) mass is 573 g/mol. The fourth-order valence-electron chi connectivity index (χ4n) is 8.20. The van der Waals surface area contributed by atoms with Crippen molar-refractivity contribution in [2.75, 3.05) is 37.5 Å². The zero-order valence-electron chi connectivity index (χ0n) is 25.0. The molecule has 0 amide bonds. The highest BCUT2D eigenvalue weighted by molar-refractivity contribution is 5.95. The van der Waals surface area contributed by atoms with Crippen molar-refractivity contribution in [1.29, 1.82) is 0 Å². The Hall–Kier alpha value is -3.20. The largest absolute Gasteiger partial charge is 0.423 e. The molecule has 1 aromatic heterocycles. The molecule has 3 N–H and O–H groups in total. The Morgan fingerprint density at radius 1 is 1.14 bits per heavy atom. The molecule has 2 aliphatic carbocycles. The normalized spacial score (nSPS) is 35.4. The van der Waals surface area contributed by atoms with E-state index < -0.39 is 11.5 Å². The number of aliphatic hydroxyl groups is 2. The van der Waals surface area contributed by atoms with Crippen LogP contribution in [-0.4, -0.2) is 66.2 Å². The first kappa shape index (κ1) is 28.9. The zero-order valence-corrected chi connectivity index (χ0v) is 25.0. The summed E-state index contributed by atoms with van der Waals surface area (Å²) in [6.07, 6.45) is 8.86. The molecule has 4 aliphatic rings. The van der Waals surface area contributed by atoms with E-state index in [2.05, 4.69) is 17.2 Å². The van der Waals surface area contributed by atoms with Crippen molar-refractivity contribution in [2.24, 2.45) is 22.7 Å². The number of anilines is 2. The summed E-state index contributed by atoms with van der Waals surface area (Å²) in [4.78, 5) is 20.0. The number of esters is 1. The summed E-state index contributed by atoms with van der Waals surface area (Å²) in [7, 11) is 4.00. The Morgan fingerprint density at radius 3 is 2.55 bits per heavy atom. The highest BCUT2D eigenvalue weighted by Gasteiger charge is 2.67. The van der Waals surface area contributed by atoms with E-state index in [0.29, 0.717) is 36.6 Å². The molecule has 6 rings (SSSR count). The van der Waals surface area contributed by atoms with E-state index >= 15 is 0 Å². The van der Waals surface area contributed by atoms with Crippen LogP contribution in [0.5, 0.6) is 0 Å². The van der Waals surface area contributed by atoms with Crippen LogP contribution in [0.15, 0.2) is 66.1 Å². The third-order valence-corrected chi connectivity index (χ3v) is 10.7. The molecule has 2 aliphatic heterocycles. The molecule has 7 atom stereocenters. The number of cyclic esters (lactones) is 1. The topological polar surface area (TPSA) is 107 Å². The van der Waals surface area contributed by atoms with Crippen LogP contribution in [0.3, 0.4) is 0 Å². The standard InChI is InChI=1S/C34H43N3O5/c1-32-14-13-29(39)33(2,20-38)27(32)12-15-34(21-41-34)28(32)19-26(36-30-7-5-6-16-35-30)25-18-24(42-31(25)40)17-22-8-10-23(11-9-22)37(3)4/h5-11,16-18,26-29,38-39H,12-15,19-21H2,1-4H3,(H,35,36)/t26?,27?,28?,29-,32+,33+,34?/m1/s1. The second-order valence-electron chi connectivity index (χ2n) is 13.4. The van der Waals surface area contributed by atoms with Crippen molar-refractivity contribution in [3.05, 3.63) is 71.6 Å². The summed E-state index contributed by atoms with van der Waals surface area (Å²) in [6.45, 7) is 5.00. The number of pyridine rings is 1. The van der Waals surface area contributed by atoms with Crippen molar-refractivity contribution < 1.29 is 24.5 Å². The first-order valence-corrected chi connectivity index (χ1v) is 15.1. The fraction of sp³-hybridized carbons (Fsp3) is 0.529. The predicted molar refractivity (Wildman–Crippen MR) is 163 cm³/mol. The summed E-state index contributed by atoms with van der Waals surface area (Å²) in [5.41, 5.74) is 1.62. The van der Waals surface area contributed by atoms with Crippen LogP contribution in [0.25, 0.3) is 6.08 Å². The van der Waals surface area contributed by atoms with E-state index in [9.17, 15) is 15.0 Å². The number of aromatic nitrogens is 1. The summed E-state index contributed by atoms with van der Waals surface area (Å²) in [5, 5.41) is 25.0. The van der Waals surface area contributed by atoms with E-state index in [1.807, 2.05) is 80.5 Å². The number of carbonyl (C=O) groups is 1. The van der Waals surface area contributed by atoms with E-state index in [-0.39, 0.29) is 41.5 Å². The molecule has 3 heterocycles. The molecule has 0 radical (unpaired) electrons. The summed E-state index contributed by atoms with van der Waals surface area (Å²) in [5.74, 6) is 1.10. The average Bonchev–Trinajstić information content (AvgIpc) is 3.66. The minimum absolute atomic E-state index is 0.0498. The first-order valence-electron chi connectivity index (χ1n) is 15.1. The summed E-state index contributed by atoms with van der Waals surface area (Å²) in [6, 6.07) is 13.4. The lowest BCUT2D eigenvalue weighted by atomic mass is 9.44. The molecule has 42 heavy (non-hydrogen) atoms. The molecule has 0 bridgehead atoms. The van der Waals surface area contributed by atoms with Crippen LogP contribution in [0.2, 0.25) is 0 Å². The lowest BCUT2D eigenvalue weighted by Crippen LogP contribution is -2.61. The maximum atomic E-state index is 13.4. The van der Waals surface area contributed by atoms with Crippen molar-refractivity contribution >= 4 is 23.6 Å². The molecule has 8 heteroatoms. The minimum Gasteiger partial charge on any atom is -0.423 e. The quantitative estimate of drug-likeness (QED) is 0.306. The lowest BCUT2D eigenvalue weighted by molar-refractivity contribution is -0.177. The number of allylic oxidation sites excluding steroid dienone is 1. The maximum absolute atomic E-state index is 13.4. The van der Waals surface area contributed by atoms with Gasteiger partial charge in [0.15, 0.2) is 0 Å². The van der Waals surface area contributed by atoms with Crippen LogP contribution in [0.4, 0.5) is 11.5 Å². The van der Waals surface area contributed by atoms with Gasteiger partial charge in [-0.25, -0.2) is 9.78 Å². The third-order valence-electron chi connectivity index (χ3n) is 10.7. The molecule has 3 fully saturated rings. The third kappa shape index (κ3) is 5.03. The Labute approximate surface area is 248 Å². The number of aliphatic hydroxyl groups excluding tert-OH is 2. The number of ether oxygens (including phenoxy) is 2. The number of benzene rings is 1. The van der Waals surface area contributed by atoms with Gasteiger partial charge in [-0.3, -0.25) is 0 Å². The van der Waals surface area contributed by atoms with Crippen LogP contribution in [0, 0.1) is 22.7 Å². The molecule has 224 valence electrons. The molecule has 1 saturated heterocycles. The fourth-order valence-corrected chi connectivity index (χ4v) is 8.20. The molecule has 1 spiro atoms. The number of nitrogens with zero attached hydrogens (tertiary/aromatic N) is 2. The number of rotatable bonds is 8. The van der Waals surface area contributed by atoms with Crippen molar-refractivity contribution in [3.63, 3.8) is 0 Å². The number of nitrogens with one attached hydrogen (secondary N) is 1. The highest BCUT2D eigenvalue weighted by Crippen LogP contribution is 2.66. The van der Waals surface area contributed by atoms with Gasteiger partial charge in [0.2, 0.25) is 0 Å².